The Morgan fingerprint density at radius 3 is 1.78 bits per heavy atom. The summed E-state index contributed by atoms with van der Waals surface area (Å²) in [6.07, 6.45) is -5.96. The first-order chi connectivity index (χ1) is 10.4. The first-order valence-corrected chi connectivity index (χ1v) is 7.84. The standard InChI is InChI=1S/C15H20F6O2/c1-12(22-7-14(16,17)18)11-3-9-2-10(4-11)6-13(12,5-9)23-8-15(19,20)21/h9-11H,2-8H2,1H3/t9-,10+,11?,12?,13?. The van der Waals surface area contributed by atoms with Gasteiger partial charge in [-0.1, -0.05) is 0 Å². The van der Waals surface area contributed by atoms with Gasteiger partial charge in [-0.05, 0) is 56.8 Å². The molecule has 4 aliphatic carbocycles. The van der Waals surface area contributed by atoms with Gasteiger partial charge in [0.05, 0.1) is 11.2 Å². The highest BCUT2D eigenvalue weighted by Gasteiger charge is 2.66. The Hall–Kier alpha value is -0.500. The molecule has 0 amide bonds. The normalized spacial score (nSPS) is 43.2. The van der Waals surface area contributed by atoms with Crippen LogP contribution in [-0.2, 0) is 9.47 Å². The van der Waals surface area contributed by atoms with Gasteiger partial charge in [-0.2, -0.15) is 26.3 Å². The molecule has 0 aromatic rings. The van der Waals surface area contributed by atoms with Crippen LogP contribution in [0.25, 0.3) is 0 Å². The highest BCUT2D eigenvalue weighted by Crippen LogP contribution is 2.63. The molecule has 2 nitrogen and oxygen atoms in total. The second-order valence-electron chi connectivity index (χ2n) is 7.45. The van der Waals surface area contributed by atoms with Crippen LogP contribution < -0.4 is 0 Å². The first-order valence-electron chi connectivity index (χ1n) is 7.84. The summed E-state index contributed by atoms with van der Waals surface area (Å²) in [6.45, 7) is -1.38. The molecule has 0 spiro atoms. The smallest absolute Gasteiger partial charge is 0.363 e. The van der Waals surface area contributed by atoms with Gasteiger partial charge in [-0.25, -0.2) is 0 Å². The Bertz CT molecular complexity index is 446. The highest BCUT2D eigenvalue weighted by molar-refractivity contribution is 5.16. The summed E-state index contributed by atoms with van der Waals surface area (Å²) in [5, 5.41) is 0. The number of rotatable bonds is 4. The van der Waals surface area contributed by atoms with E-state index in [0.717, 1.165) is 6.42 Å². The van der Waals surface area contributed by atoms with Gasteiger partial charge in [0.1, 0.15) is 13.2 Å². The van der Waals surface area contributed by atoms with Crippen LogP contribution in [0.3, 0.4) is 0 Å². The highest BCUT2D eigenvalue weighted by atomic mass is 19.4. The number of alkyl halides is 6. The molecule has 4 aliphatic rings. The van der Waals surface area contributed by atoms with E-state index in [9.17, 15) is 26.3 Å². The zero-order valence-electron chi connectivity index (χ0n) is 12.8. The number of halogens is 6. The molecule has 0 aliphatic heterocycles. The van der Waals surface area contributed by atoms with E-state index in [4.69, 9.17) is 9.47 Å². The molecule has 0 aromatic carbocycles. The summed E-state index contributed by atoms with van der Waals surface area (Å²) in [4.78, 5) is 0. The Labute approximate surface area is 130 Å². The minimum absolute atomic E-state index is 0.177. The molecular weight excluding hydrogens is 326 g/mol. The third-order valence-corrected chi connectivity index (χ3v) is 5.87. The van der Waals surface area contributed by atoms with Crippen molar-refractivity contribution in [2.75, 3.05) is 13.2 Å². The van der Waals surface area contributed by atoms with Gasteiger partial charge in [0, 0.05) is 0 Å². The zero-order chi connectivity index (χ0) is 17.1. The third kappa shape index (κ3) is 3.21. The second kappa shape index (κ2) is 5.25. The summed E-state index contributed by atoms with van der Waals surface area (Å²) in [6, 6.07) is 0. The van der Waals surface area contributed by atoms with Crippen LogP contribution in [0.2, 0.25) is 0 Å². The molecule has 4 fully saturated rings. The van der Waals surface area contributed by atoms with Gasteiger partial charge >= 0.3 is 12.4 Å². The molecule has 8 heteroatoms. The van der Waals surface area contributed by atoms with Gasteiger partial charge in [0.2, 0.25) is 0 Å². The van der Waals surface area contributed by atoms with Crippen LogP contribution in [0.15, 0.2) is 0 Å². The van der Waals surface area contributed by atoms with Crippen molar-refractivity contribution in [3.63, 3.8) is 0 Å². The van der Waals surface area contributed by atoms with E-state index in [1.807, 2.05) is 0 Å². The van der Waals surface area contributed by atoms with E-state index < -0.39 is 36.8 Å². The molecule has 0 N–H and O–H groups in total. The first kappa shape index (κ1) is 17.3. The topological polar surface area (TPSA) is 18.5 Å². The maximum atomic E-state index is 12.6. The van der Waals surface area contributed by atoms with Gasteiger partial charge in [0.25, 0.3) is 0 Å². The lowest BCUT2D eigenvalue weighted by atomic mass is 9.48. The Morgan fingerprint density at radius 1 is 0.826 bits per heavy atom. The van der Waals surface area contributed by atoms with E-state index in [2.05, 4.69) is 0 Å². The van der Waals surface area contributed by atoms with Crippen LogP contribution in [0.4, 0.5) is 26.3 Å². The van der Waals surface area contributed by atoms with Crippen LogP contribution in [0.5, 0.6) is 0 Å². The molecular formula is C15H20F6O2. The second-order valence-corrected chi connectivity index (χ2v) is 7.45. The van der Waals surface area contributed by atoms with Crippen molar-refractivity contribution >= 4 is 0 Å². The van der Waals surface area contributed by atoms with E-state index in [0.29, 0.717) is 25.7 Å². The summed E-state index contributed by atoms with van der Waals surface area (Å²) < 4.78 is 86.1. The summed E-state index contributed by atoms with van der Waals surface area (Å²) in [5.74, 6) is 0.274. The lowest BCUT2D eigenvalue weighted by Gasteiger charge is -2.65. The maximum Gasteiger partial charge on any atom is 0.411 e. The minimum atomic E-state index is -4.51. The predicted octanol–water partition coefficient (Wildman–Crippen LogP) is 4.48. The number of hydrogen-bond acceptors (Lipinski definition) is 2. The van der Waals surface area contributed by atoms with Gasteiger partial charge < -0.3 is 9.47 Å². The fourth-order valence-corrected chi connectivity index (χ4v) is 5.10. The number of hydrogen-bond donors (Lipinski definition) is 0. The van der Waals surface area contributed by atoms with Crippen LogP contribution in [0.1, 0.15) is 39.0 Å². The molecule has 0 heterocycles. The molecule has 4 bridgehead atoms. The molecule has 4 saturated carbocycles. The molecule has 5 atom stereocenters. The minimum Gasteiger partial charge on any atom is -0.363 e. The van der Waals surface area contributed by atoms with Gasteiger partial charge in [-0.3, -0.25) is 0 Å². The van der Waals surface area contributed by atoms with Crippen molar-refractivity contribution in [3.8, 4) is 0 Å². The van der Waals surface area contributed by atoms with Crippen molar-refractivity contribution in [3.05, 3.63) is 0 Å². The predicted molar refractivity (Wildman–Crippen MR) is 68.7 cm³/mol. The zero-order valence-corrected chi connectivity index (χ0v) is 12.8. The van der Waals surface area contributed by atoms with Crippen molar-refractivity contribution in [2.24, 2.45) is 17.8 Å². The quantitative estimate of drug-likeness (QED) is 0.699. The maximum absolute atomic E-state index is 12.6. The van der Waals surface area contributed by atoms with Crippen LogP contribution >= 0.6 is 0 Å². The van der Waals surface area contributed by atoms with Crippen molar-refractivity contribution in [1.82, 2.24) is 0 Å². The fourth-order valence-electron chi connectivity index (χ4n) is 5.10. The van der Waals surface area contributed by atoms with E-state index in [1.165, 1.54) is 6.92 Å². The average Bonchev–Trinajstić information content (AvgIpc) is 2.38. The van der Waals surface area contributed by atoms with Gasteiger partial charge in [0.15, 0.2) is 0 Å². The average molecular weight is 346 g/mol. The monoisotopic (exact) mass is 346 g/mol. The molecule has 4 rings (SSSR count). The summed E-state index contributed by atoms with van der Waals surface area (Å²) in [5.41, 5.74) is -2.58. The Kier molecular flexibility index (Phi) is 3.95. The lowest BCUT2D eigenvalue weighted by Crippen LogP contribution is -2.70. The summed E-state index contributed by atoms with van der Waals surface area (Å²) >= 11 is 0. The third-order valence-electron chi connectivity index (χ3n) is 5.87. The lowest BCUT2D eigenvalue weighted by molar-refractivity contribution is -0.332. The van der Waals surface area contributed by atoms with Crippen molar-refractivity contribution < 1.29 is 35.8 Å². The molecule has 0 radical (unpaired) electrons. The van der Waals surface area contributed by atoms with Crippen LogP contribution in [0, 0.1) is 17.8 Å². The van der Waals surface area contributed by atoms with Gasteiger partial charge in [-0.15, -0.1) is 0 Å². The largest absolute Gasteiger partial charge is 0.411 e. The van der Waals surface area contributed by atoms with E-state index in [-0.39, 0.29) is 17.8 Å². The summed E-state index contributed by atoms with van der Waals surface area (Å²) in [7, 11) is 0. The molecule has 0 saturated heterocycles. The van der Waals surface area contributed by atoms with Crippen molar-refractivity contribution in [2.45, 2.75) is 62.6 Å². The SMILES string of the molecule is CC1(OCC(F)(F)F)C2C[C@@H]3C[C@H](C2)CC1(OCC(F)(F)F)C3. The van der Waals surface area contributed by atoms with Crippen molar-refractivity contribution in [1.29, 1.82) is 0 Å². The molecule has 0 aromatic heterocycles. The Morgan fingerprint density at radius 2 is 1.30 bits per heavy atom. The number of ether oxygens (including phenoxy) is 2. The van der Waals surface area contributed by atoms with E-state index in [1.54, 1.807) is 0 Å². The van der Waals surface area contributed by atoms with Crippen LogP contribution in [-0.4, -0.2) is 36.8 Å². The molecule has 23 heavy (non-hydrogen) atoms. The molecule has 134 valence electrons. The Balaban J connectivity index is 1.85. The van der Waals surface area contributed by atoms with E-state index >= 15 is 0 Å². The fraction of sp³-hybridized carbons (Fsp3) is 1.00. The molecule has 3 unspecified atom stereocenters.